The molecule has 1 N–H and O–H groups in total. The number of halogens is 2. The van der Waals surface area contributed by atoms with Gasteiger partial charge in [0.05, 0.1) is 16.4 Å². The summed E-state index contributed by atoms with van der Waals surface area (Å²) >= 11 is 6.34. The number of aryl methyl sites for hydroxylation is 2. The van der Waals surface area contributed by atoms with E-state index in [1.54, 1.807) is 16.8 Å². The Morgan fingerprint density at radius 1 is 1.29 bits per heavy atom. The van der Waals surface area contributed by atoms with Crippen LogP contribution in [0.15, 0.2) is 24.3 Å². The highest BCUT2D eigenvalue weighted by molar-refractivity contribution is 6.31. The number of rotatable bonds is 6. The molecule has 1 heterocycles. The molecule has 0 spiro atoms. The van der Waals surface area contributed by atoms with Gasteiger partial charge in [0.15, 0.2) is 0 Å². The van der Waals surface area contributed by atoms with Crippen LogP contribution in [0, 0.1) is 11.7 Å². The molecule has 0 fully saturated rings. The number of hydrogen-bond acceptors (Lipinski definition) is 2. The Kier molecular flexibility index (Phi) is 5.37. The van der Waals surface area contributed by atoms with Crippen molar-refractivity contribution in [2.24, 2.45) is 13.0 Å². The average Bonchev–Trinajstić information content (AvgIpc) is 2.75. The molecular formula is C16H20ClFN2O. The van der Waals surface area contributed by atoms with Crippen molar-refractivity contribution in [2.45, 2.75) is 26.2 Å². The van der Waals surface area contributed by atoms with E-state index in [0.717, 1.165) is 23.4 Å². The molecule has 0 aliphatic heterocycles. The van der Waals surface area contributed by atoms with Crippen molar-refractivity contribution < 1.29 is 9.50 Å². The first-order valence-electron chi connectivity index (χ1n) is 7.10. The molecule has 1 aromatic heterocycles. The third-order valence-corrected chi connectivity index (χ3v) is 4.12. The molecule has 2 aromatic rings. The maximum atomic E-state index is 12.9. The van der Waals surface area contributed by atoms with Crippen LogP contribution in [0.4, 0.5) is 4.39 Å². The van der Waals surface area contributed by atoms with Gasteiger partial charge in [0, 0.05) is 13.7 Å². The van der Waals surface area contributed by atoms with Gasteiger partial charge in [0.2, 0.25) is 0 Å². The van der Waals surface area contributed by atoms with Crippen molar-refractivity contribution in [1.29, 1.82) is 0 Å². The van der Waals surface area contributed by atoms with E-state index in [2.05, 4.69) is 5.10 Å². The highest BCUT2D eigenvalue weighted by Gasteiger charge is 2.18. The first-order chi connectivity index (χ1) is 10.0. The monoisotopic (exact) mass is 310 g/mol. The van der Waals surface area contributed by atoms with Crippen LogP contribution in [-0.4, -0.2) is 21.5 Å². The van der Waals surface area contributed by atoms with E-state index >= 15 is 0 Å². The topological polar surface area (TPSA) is 38.0 Å². The SMILES string of the molecule is CCc1nn(C)c(CC(CO)Cc2ccc(F)cc2)c1Cl. The normalized spacial score (nSPS) is 12.6. The first kappa shape index (κ1) is 16.0. The molecule has 0 amide bonds. The summed E-state index contributed by atoms with van der Waals surface area (Å²) in [6, 6.07) is 6.38. The molecule has 0 radical (unpaired) electrons. The van der Waals surface area contributed by atoms with Crippen molar-refractivity contribution in [3.8, 4) is 0 Å². The summed E-state index contributed by atoms with van der Waals surface area (Å²) in [6.45, 7) is 2.07. The van der Waals surface area contributed by atoms with Crippen LogP contribution in [0.3, 0.4) is 0 Å². The lowest BCUT2D eigenvalue weighted by atomic mass is 9.95. The van der Waals surface area contributed by atoms with Gasteiger partial charge >= 0.3 is 0 Å². The standard InChI is InChI=1S/C16H20ClFN2O/c1-3-14-16(17)15(20(2)19-14)9-12(10-21)8-11-4-6-13(18)7-5-11/h4-7,12,21H,3,8-10H2,1-2H3. The molecule has 1 atom stereocenters. The lowest BCUT2D eigenvalue weighted by Gasteiger charge is -2.14. The van der Waals surface area contributed by atoms with E-state index in [4.69, 9.17) is 11.6 Å². The van der Waals surface area contributed by atoms with Crippen LogP contribution >= 0.6 is 11.6 Å². The van der Waals surface area contributed by atoms with Crippen molar-refractivity contribution in [3.63, 3.8) is 0 Å². The highest BCUT2D eigenvalue weighted by Crippen LogP contribution is 2.24. The third-order valence-electron chi connectivity index (χ3n) is 3.68. The van der Waals surface area contributed by atoms with Crippen molar-refractivity contribution in [2.75, 3.05) is 6.61 Å². The zero-order valence-corrected chi connectivity index (χ0v) is 13.1. The Morgan fingerprint density at radius 2 is 1.95 bits per heavy atom. The fraction of sp³-hybridized carbons (Fsp3) is 0.438. The second-order valence-electron chi connectivity index (χ2n) is 5.27. The van der Waals surface area contributed by atoms with Crippen LogP contribution < -0.4 is 0 Å². The smallest absolute Gasteiger partial charge is 0.123 e. The van der Waals surface area contributed by atoms with Crippen LogP contribution in [-0.2, 0) is 26.3 Å². The summed E-state index contributed by atoms with van der Waals surface area (Å²) in [6.07, 6.45) is 2.12. The van der Waals surface area contributed by atoms with E-state index in [1.165, 1.54) is 12.1 Å². The second kappa shape index (κ2) is 7.05. The Labute approximate surface area is 129 Å². The Morgan fingerprint density at radius 3 is 2.48 bits per heavy atom. The second-order valence-corrected chi connectivity index (χ2v) is 5.65. The molecule has 0 bridgehead atoms. The number of aliphatic hydroxyl groups excluding tert-OH is 1. The van der Waals surface area contributed by atoms with Crippen LogP contribution in [0.2, 0.25) is 5.02 Å². The van der Waals surface area contributed by atoms with Gasteiger partial charge in [0.1, 0.15) is 5.82 Å². The molecule has 114 valence electrons. The summed E-state index contributed by atoms with van der Waals surface area (Å²) in [4.78, 5) is 0. The van der Waals surface area contributed by atoms with Crippen molar-refractivity contribution >= 4 is 11.6 Å². The van der Waals surface area contributed by atoms with E-state index in [-0.39, 0.29) is 18.3 Å². The third kappa shape index (κ3) is 3.83. The summed E-state index contributed by atoms with van der Waals surface area (Å²) in [5, 5.41) is 14.7. The maximum Gasteiger partial charge on any atom is 0.123 e. The Hall–Kier alpha value is -1.39. The van der Waals surface area contributed by atoms with Gasteiger partial charge in [-0.05, 0) is 42.9 Å². The minimum Gasteiger partial charge on any atom is -0.396 e. The number of aliphatic hydroxyl groups is 1. The molecule has 2 rings (SSSR count). The summed E-state index contributed by atoms with van der Waals surface area (Å²) in [5.74, 6) is -0.213. The lowest BCUT2D eigenvalue weighted by Crippen LogP contribution is -2.15. The number of hydrogen-bond donors (Lipinski definition) is 1. The molecule has 1 aromatic carbocycles. The molecule has 21 heavy (non-hydrogen) atoms. The van der Waals surface area contributed by atoms with Crippen LogP contribution in [0.5, 0.6) is 0 Å². The number of nitrogens with zero attached hydrogens (tertiary/aromatic N) is 2. The summed E-state index contributed by atoms with van der Waals surface area (Å²) in [7, 11) is 1.87. The molecule has 0 aliphatic rings. The molecule has 0 aliphatic carbocycles. The van der Waals surface area contributed by atoms with Crippen LogP contribution in [0.1, 0.15) is 23.9 Å². The van der Waals surface area contributed by atoms with E-state index in [0.29, 0.717) is 17.9 Å². The summed E-state index contributed by atoms with van der Waals surface area (Å²) < 4.78 is 14.7. The van der Waals surface area contributed by atoms with Gasteiger partial charge in [-0.1, -0.05) is 30.7 Å². The Balaban J connectivity index is 2.12. The Bertz CT molecular complexity index is 595. The molecular weight excluding hydrogens is 291 g/mol. The van der Waals surface area contributed by atoms with E-state index in [9.17, 15) is 9.50 Å². The van der Waals surface area contributed by atoms with Gasteiger partial charge < -0.3 is 5.11 Å². The number of aromatic nitrogens is 2. The fourth-order valence-corrected chi connectivity index (χ4v) is 2.84. The zero-order chi connectivity index (χ0) is 15.4. The molecule has 0 saturated heterocycles. The van der Waals surface area contributed by atoms with Gasteiger partial charge in [-0.15, -0.1) is 0 Å². The van der Waals surface area contributed by atoms with Crippen molar-refractivity contribution in [3.05, 3.63) is 52.1 Å². The van der Waals surface area contributed by atoms with Gasteiger partial charge in [-0.25, -0.2) is 4.39 Å². The van der Waals surface area contributed by atoms with Gasteiger partial charge in [-0.2, -0.15) is 5.10 Å². The van der Waals surface area contributed by atoms with E-state index < -0.39 is 0 Å². The zero-order valence-electron chi connectivity index (χ0n) is 12.3. The van der Waals surface area contributed by atoms with Gasteiger partial charge in [-0.3, -0.25) is 4.68 Å². The maximum absolute atomic E-state index is 12.9. The quantitative estimate of drug-likeness (QED) is 0.890. The molecule has 5 heteroatoms. The summed E-state index contributed by atoms with van der Waals surface area (Å²) in [5.41, 5.74) is 2.83. The first-order valence-corrected chi connectivity index (χ1v) is 7.48. The highest BCUT2D eigenvalue weighted by atomic mass is 35.5. The largest absolute Gasteiger partial charge is 0.396 e. The molecule has 3 nitrogen and oxygen atoms in total. The molecule has 0 saturated carbocycles. The molecule has 1 unspecified atom stereocenters. The minimum absolute atomic E-state index is 0.0352. The van der Waals surface area contributed by atoms with E-state index in [1.807, 2.05) is 14.0 Å². The van der Waals surface area contributed by atoms with Gasteiger partial charge in [0.25, 0.3) is 0 Å². The minimum atomic E-state index is -0.249. The fourth-order valence-electron chi connectivity index (χ4n) is 2.47. The predicted molar refractivity (Wildman–Crippen MR) is 82.0 cm³/mol. The van der Waals surface area contributed by atoms with Crippen LogP contribution in [0.25, 0.3) is 0 Å². The average molecular weight is 311 g/mol. The number of benzene rings is 1. The predicted octanol–water partition coefficient (Wildman–Crippen LogP) is 3.17. The van der Waals surface area contributed by atoms with Crippen molar-refractivity contribution in [1.82, 2.24) is 9.78 Å². The lowest BCUT2D eigenvalue weighted by molar-refractivity contribution is 0.223.